The molecule has 0 atom stereocenters. The Bertz CT molecular complexity index is 938. The normalized spacial score (nSPS) is 13.8. The molecular weight excluding hydrogens is 374 g/mol. The third-order valence-corrected chi connectivity index (χ3v) is 5.20. The van der Waals surface area contributed by atoms with Crippen LogP contribution in [-0.2, 0) is 4.74 Å². The Morgan fingerprint density at radius 1 is 1.26 bits per heavy atom. The van der Waals surface area contributed by atoms with E-state index < -0.39 is 27.2 Å². The first-order valence-corrected chi connectivity index (χ1v) is 8.83. The van der Waals surface area contributed by atoms with Gasteiger partial charge in [-0.3, -0.25) is 20.2 Å². The van der Waals surface area contributed by atoms with Gasteiger partial charge in [-0.15, -0.1) is 11.3 Å². The van der Waals surface area contributed by atoms with Crippen molar-refractivity contribution in [2.24, 2.45) is 0 Å². The maximum Gasteiger partial charge on any atom is 0.340 e. The van der Waals surface area contributed by atoms with E-state index in [2.05, 4.69) is 0 Å². The van der Waals surface area contributed by atoms with Crippen molar-refractivity contribution in [1.82, 2.24) is 0 Å². The number of ether oxygens (including phenoxy) is 1. The molecule has 0 saturated heterocycles. The Labute approximate surface area is 157 Å². The van der Waals surface area contributed by atoms with Gasteiger partial charge < -0.3 is 9.64 Å². The number of rotatable bonds is 5. The van der Waals surface area contributed by atoms with Crippen LogP contribution in [-0.4, -0.2) is 36.0 Å². The molecule has 1 aromatic carbocycles. The summed E-state index contributed by atoms with van der Waals surface area (Å²) in [4.78, 5) is 36.1. The van der Waals surface area contributed by atoms with Gasteiger partial charge in [0.2, 0.25) is 0 Å². The van der Waals surface area contributed by atoms with Crippen LogP contribution in [0.5, 0.6) is 0 Å². The minimum atomic E-state index is -0.857. The number of nitrogens with zero attached hydrogens (tertiary/aromatic N) is 3. The summed E-state index contributed by atoms with van der Waals surface area (Å²) in [5.74, 6) is -0.857. The Morgan fingerprint density at radius 2 is 2.04 bits per heavy atom. The van der Waals surface area contributed by atoms with Crippen molar-refractivity contribution in [2.45, 2.75) is 6.42 Å². The average molecular weight is 389 g/mol. The lowest BCUT2D eigenvalue weighted by Crippen LogP contribution is -2.30. The fourth-order valence-electron chi connectivity index (χ4n) is 3.00. The van der Waals surface area contributed by atoms with Gasteiger partial charge in [0, 0.05) is 24.0 Å². The van der Waals surface area contributed by atoms with E-state index in [-0.39, 0.29) is 11.3 Å². The Morgan fingerprint density at radius 3 is 2.56 bits per heavy atom. The van der Waals surface area contributed by atoms with E-state index >= 15 is 0 Å². The first kappa shape index (κ1) is 18.5. The number of hydrogen-bond acceptors (Lipinski definition) is 8. The monoisotopic (exact) mass is 389 g/mol. The third-order valence-electron chi connectivity index (χ3n) is 4.25. The number of benzene rings is 1. The molecule has 0 bridgehead atoms. The van der Waals surface area contributed by atoms with E-state index in [0.29, 0.717) is 19.5 Å². The molecule has 0 radical (unpaired) electrons. The molecule has 9 nitrogen and oxygen atoms in total. The highest BCUT2D eigenvalue weighted by Crippen LogP contribution is 2.38. The van der Waals surface area contributed by atoms with E-state index in [4.69, 9.17) is 4.74 Å². The second kappa shape index (κ2) is 7.54. The van der Waals surface area contributed by atoms with E-state index in [1.54, 1.807) is 16.2 Å². The van der Waals surface area contributed by atoms with E-state index in [1.807, 2.05) is 23.6 Å². The highest BCUT2D eigenvalue weighted by atomic mass is 32.1. The van der Waals surface area contributed by atoms with Crippen molar-refractivity contribution in [3.63, 3.8) is 0 Å². The summed E-state index contributed by atoms with van der Waals surface area (Å²) < 4.78 is 4.69. The topological polar surface area (TPSA) is 116 Å². The highest BCUT2D eigenvalue weighted by Gasteiger charge is 2.32. The van der Waals surface area contributed by atoms with Crippen molar-refractivity contribution in [1.29, 1.82) is 0 Å². The van der Waals surface area contributed by atoms with E-state index in [9.17, 15) is 25.0 Å². The number of non-ortho nitro benzene ring substituents is 1. The Balaban J connectivity index is 2.07. The molecule has 1 aliphatic heterocycles. The summed E-state index contributed by atoms with van der Waals surface area (Å²) in [6.07, 6.45) is 2.58. The van der Waals surface area contributed by atoms with Crippen LogP contribution in [0.15, 0.2) is 35.7 Å². The van der Waals surface area contributed by atoms with Crippen LogP contribution in [0.2, 0.25) is 0 Å². The molecule has 27 heavy (non-hydrogen) atoms. The highest BCUT2D eigenvalue weighted by molar-refractivity contribution is 7.11. The van der Waals surface area contributed by atoms with E-state index in [0.717, 1.165) is 29.7 Å². The molecular formula is C17H15N3O6S. The number of methoxy groups -OCH3 is 1. The number of carbonyl (C=O) groups excluding carboxylic acids is 1. The van der Waals surface area contributed by atoms with Gasteiger partial charge in [-0.05, 0) is 23.4 Å². The van der Waals surface area contributed by atoms with Gasteiger partial charge in [-0.25, -0.2) is 4.79 Å². The molecule has 140 valence electrons. The minimum absolute atomic E-state index is 0.0407. The lowest BCUT2D eigenvalue weighted by atomic mass is 10.0. The molecule has 2 heterocycles. The number of nitro benzene ring substituents is 2. The largest absolute Gasteiger partial charge is 0.465 e. The van der Waals surface area contributed by atoms with Crippen molar-refractivity contribution >= 4 is 39.9 Å². The zero-order chi connectivity index (χ0) is 19.6. The molecule has 0 aliphatic carbocycles. The zero-order valence-electron chi connectivity index (χ0n) is 14.3. The Hall–Kier alpha value is -3.27. The number of nitro groups is 2. The number of anilines is 1. The van der Waals surface area contributed by atoms with Gasteiger partial charge in [-0.1, -0.05) is 12.1 Å². The lowest BCUT2D eigenvalue weighted by molar-refractivity contribution is -0.393. The molecule has 0 amide bonds. The summed E-state index contributed by atoms with van der Waals surface area (Å²) in [5, 5.41) is 24.6. The smallest absolute Gasteiger partial charge is 0.340 e. The SMILES string of the molecule is COC(=O)c1cc([N+](=O)[O-])cc([N+](=O)[O-])c1N1CC=C(c2cccs2)CC1. The van der Waals surface area contributed by atoms with Crippen molar-refractivity contribution in [3.8, 4) is 0 Å². The van der Waals surface area contributed by atoms with Gasteiger partial charge >= 0.3 is 5.97 Å². The van der Waals surface area contributed by atoms with Crippen LogP contribution in [0.25, 0.3) is 5.57 Å². The predicted molar refractivity (Wildman–Crippen MR) is 100 cm³/mol. The average Bonchev–Trinajstić information content (AvgIpc) is 3.21. The third kappa shape index (κ3) is 3.65. The summed E-state index contributed by atoms with van der Waals surface area (Å²) in [5.41, 5.74) is -0.0361. The van der Waals surface area contributed by atoms with Crippen LogP contribution >= 0.6 is 11.3 Å². The van der Waals surface area contributed by atoms with Gasteiger partial charge in [0.15, 0.2) is 0 Å². The summed E-state index contributed by atoms with van der Waals surface area (Å²) in [6, 6.07) is 5.84. The number of esters is 1. The molecule has 0 saturated carbocycles. The molecule has 3 rings (SSSR count). The first-order chi connectivity index (χ1) is 12.9. The van der Waals surface area contributed by atoms with Crippen LogP contribution < -0.4 is 4.90 Å². The number of hydrogen-bond donors (Lipinski definition) is 0. The van der Waals surface area contributed by atoms with Crippen LogP contribution in [0.3, 0.4) is 0 Å². The van der Waals surface area contributed by atoms with Gasteiger partial charge in [0.1, 0.15) is 5.69 Å². The van der Waals surface area contributed by atoms with Crippen LogP contribution in [0.1, 0.15) is 21.7 Å². The zero-order valence-corrected chi connectivity index (χ0v) is 15.1. The quantitative estimate of drug-likeness (QED) is 0.435. The van der Waals surface area contributed by atoms with Crippen molar-refractivity contribution in [2.75, 3.05) is 25.1 Å². The summed E-state index contributed by atoms with van der Waals surface area (Å²) in [7, 11) is 1.13. The number of thiophene rings is 1. The first-order valence-electron chi connectivity index (χ1n) is 7.95. The molecule has 0 N–H and O–H groups in total. The van der Waals surface area contributed by atoms with Crippen molar-refractivity contribution < 1.29 is 19.4 Å². The molecule has 0 unspecified atom stereocenters. The maximum atomic E-state index is 12.2. The van der Waals surface area contributed by atoms with Crippen LogP contribution in [0.4, 0.5) is 17.1 Å². The van der Waals surface area contributed by atoms with Gasteiger partial charge in [0.05, 0.1) is 28.6 Å². The van der Waals surface area contributed by atoms with Gasteiger partial charge in [0.25, 0.3) is 11.4 Å². The summed E-state index contributed by atoms with van der Waals surface area (Å²) >= 11 is 1.61. The van der Waals surface area contributed by atoms with Crippen molar-refractivity contribution in [3.05, 3.63) is 66.4 Å². The summed E-state index contributed by atoms with van der Waals surface area (Å²) in [6.45, 7) is 0.780. The molecule has 0 fully saturated rings. The molecule has 10 heteroatoms. The standard InChI is InChI=1S/C17H15N3O6S/c1-26-17(21)13-9-12(19(22)23)10-14(20(24)25)16(13)18-6-4-11(5-7-18)15-3-2-8-27-15/h2-4,8-10H,5-7H2,1H3. The maximum absolute atomic E-state index is 12.2. The Kier molecular flexibility index (Phi) is 5.17. The minimum Gasteiger partial charge on any atom is -0.465 e. The fraction of sp³-hybridized carbons (Fsp3) is 0.235. The molecule has 1 aliphatic rings. The molecule has 2 aromatic rings. The van der Waals surface area contributed by atoms with E-state index in [1.165, 1.54) is 0 Å². The second-order valence-corrected chi connectivity index (χ2v) is 6.72. The predicted octanol–water partition coefficient (Wildman–Crippen LogP) is 3.64. The van der Waals surface area contributed by atoms with Gasteiger partial charge in [-0.2, -0.15) is 0 Å². The second-order valence-electron chi connectivity index (χ2n) is 5.77. The molecule has 1 aromatic heterocycles. The fourth-order valence-corrected chi connectivity index (χ4v) is 3.80. The molecule has 0 spiro atoms. The van der Waals surface area contributed by atoms with Crippen LogP contribution in [0, 0.1) is 20.2 Å². The lowest BCUT2D eigenvalue weighted by Gasteiger charge is -2.29. The number of carbonyl (C=O) groups is 1.